The molecule has 0 aliphatic rings. The van der Waals surface area contributed by atoms with E-state index in [1.165, 1.54) is 0 Å². The van der Waals surface area contributed by atoms with E-state index in [0.29, 0.717) is 29.4 Å². The zero-order valence-corrected chi connectivity index (χ0v) is 10.4. The summed E-state index contributed by atoms with van der Waals surface area (Å²) in [7, 11) is 0. The van der Waals surface area contributed by atoms with Gasteiger partial charge in [-0.1, -0.05) is 11.6 Å². The fourth-order valence-corrected chi connectivity index (χ4v) is 1.64. The first-order valence-corrected chi connectivity index (χ1v) is 5.80. The summed E-state index contributed by atoms with van der Waals surface area (Å²) in [5, 5.41) is 11.5. The van der Waals surface area contributed by atoms with Crippen molar-refractivity contribution in [2.24, 2.45) is 0 Å². The maximum Gasteiger partial charge on any atom is 0.251 e. The van der Waals surface area contributed by atoms with E-state index in [4.69, 9.17) is 16.9 Å². The van der Waals surface area contributed by atoms with Crippen LogP contribution in [0.1, 0.15) is 35.3 Å². The van der Waals surface area contributed by atoms with E-state index in [1.54, 1.807) is 19.1 Å². The minimum absolute atomic E-state index is 0.158. The van der Waals surface area contributed by atoms with Crippen LogP contribution in [0.15, 0.2) is 12.1 Å². The Kier molecular flexibility index (Phi) is 5.44. The van der Waals surface area contributed by atoms with Gasteiger partial charge in [-0.25, -0.2) is 4.98 Å². The lowest BCUT2D eigenvalue weighted by molar-refractivity contribution is 0.0953. The summed E-state index contributed by atoms with van der Waals surface area (Å²) in [6.45, 7) is 2.36. The first-order valence-electron chi connectivity index (χ1n) is 5.43. The highest BCUT2D eigenvalue weighted by Crippen LogP contribution is 2.10. The van der Waals surface area contributed by atoms with E-state index in [9.17, 15) is 4.79 Å². The van der Waals surface area contributed by atoms with Gasteiger partial charge < -0.3 is 5.32 Å². The van der Waals surface area contributed by atoms with Crippen LogP contribution in [0, 0.1) is 18.3 Å². The molecule has 1 aromatic rings. The van der Waals surface area contributed by atoms with Crippen molar-refractivity contribution >= 4 is 17.5 Å². The first kappa shape index (κ1) is 13.5. The Balaban J connectivity index is 2.44. The molecule has 0 aliphatic carbocycles. The maximum absolute atomic E-state index is 11.7. The Morgan fingerprint density at radius 1 is 1.53 bits per heavy atom. The smallest absolute Gasteiger partial charge is 0.251 e. The number of hydrogen-bond donors (Lipinski definition) is 1. The number of aromatic nitrogens is 1. The molecule has 1 rings (SSSR count). The zero-order valence-electron chi connectivity index (χ0n) is 9.66. The second kappa shape index (κ2) is 6.87. The molecule has 1 aromatic heterocycles. The molecule has 5 heteroatoms. The van der Waals surface area contributed by atoms with Gasteiger partial charge in [0.15, 0.2) is 0 Å². The van der Waals surface area contributed by atoms with Crippen molar-refractivity contribution in [1.29, 1.82) is 5.26 Å². The highest BCUT2D eigenvalue weighted by Gasteiger charge is 2.06. The van der Waals surface area contributed by atoms with E-state index in [1.807, 2.05) is 0 Å². The summed E-state index contributed by atoms with van der Waals surface area (Å²) in [5.41, 5.74) is 1.23. The van der Waals surface area contributed by atoms with Crippen molar-refractivity contribution in [3.05, 3.63) is 28.5 Å². The number of amides is 1. The van der Waals surface area contributed by atoms with Gasteiger partial charge in [0.1, 0.15) is 5.15 Å². The van der Waals surface area contributed by atoms with Crippen molar-refractivity contribution in [1.82, 2.24) is 10.3 Å². The number of unbranched alkanes of at least 4 members (excludes halogenated alkanes) is 2. The molecule has 0 aromatic carbocycles. The lowest BCUT2D eigenvalue weighted by atomic mass is 10.2. The van der Waals surface area contributed by atoms with Gasteiger partial charge >= 0.3 is 0 Å². The largest absolute Gasteiger partial charge is 0.352 e. The Hall–Kier alpha value is -1.60. The van der Waals surface area contributed by atoms with Gasteiger partial charge in [-0.3, -0.25) is 4.79 Å². The molecule has 0 unspecified atom stereocenters. The number of hydrogen-bond acceptors (Lipinski definition) is 3. The molecule has 1 N–H and O–H groups in total. The average Bonchev–Trinajstić information content (AvgIpc) is 2.27. The van der Waals surface area contributed by atoms with Crippen LogP contribution >= 0.6 is 11.6 Å². The van der Waals surface area contributed by atoms with Gasteiger partial charge in [-0.05, 0) is 31.9 Å². The number of carbonyl (C=O) groups is 1. The molecule has 0 atom stereocenters. The molecule has 0 aliphatic heterocycles. The van der Waals surface area contributed by atoms with Gasteiger partial charge in [-0.2, -0.15) is 5.26 Å². The molecule has 0 fully saturated rings. The molecule has 17 heavy (non-hydrogen) atoms. The Labute approximate surface area is 106 Å². The SMILES string of the molecule is Cc1cc(C(=O)NCCCCC#N)cc(Cl)n1. The van der Waals surface area contributed by atoms with Crippen LogP contribution in [-0.2, 0) is 0 Å². The Morgan fingerprint density at radius 2 is 2.29 bits per heavy atom. The highest BCUT2D eigenvalue weighted by atomic mass is 35.5. The summed E-state index contributed by atoms with van der Waals surface area (Å²) in [6.07, 6.45) is 2.13. The number of nitrogens with one attached hydrogen (secondary N) is 1. The number of rotatable bonds is 5. The van der Waals surface area contributed by atoms with Gasteiger partial charge in [0, 0.05) is 24.2 Å². The minimum atomic E-state index is -0.158. The Bertz CT molecular complexity index is 420. The molecule has 1 heterocycles. The first-order chi connectivity index (χ1) is 8.13. The summed E-state index contributed by atoms with van der Waals surface area (Å²) < 4.78 is 0. The summed E-state index contributed by atoms with van der Waals surface area (Å²) in [4.78, 5) is 15.7. The van der Waals surface area contributed by atoms with E-state index in [-0.39, 0.29) is 5.91 Å². The molecular weight excluding hydrogens is 238 g/mol. The van der Waals surface area contributed by atoms with Crippen LogP contribution in [0.2, 0.25) is 5.15 Å². The third kappa shape index (κ3) is 4.83. The summed E-state index contributed by atoms with van der Waals surface area (Å²) >= 11 is 5.77. The second-order valence-electron chi connectivity index (χ2n) is 3.69. The number of pyridine rings is 1. The predicted molar refractivity (Wildman–Crippen MR) is 65.8 cm³/mol. The average molecular weight is 252 g/mol. The van der Waals surface area contributed by atoms with Crippen molar-refractivity contribution in [3.63, 3.8) is 0 Å². The molecule has 0 spiro atoms. The van der Waals surface area contributed by atoms with E-state index in [0.717, 1.165) is 12.8 Å². The third-order valence-corrected chi connectivity index (χ3v) is 2.38. The van der Waals surface area contributed by atoms with Gasteiger partial charge in [0.05, 0.1) is 6.07 Å². The van der Waals surface area contributed by atoms with Crippen LogP contribution in [0.3, 0.4) is 0 Å². The Morgan fingerprint density at radius 3 is 2.94 bits per heavy atom. The minimum Gasteiger partial charge on any atom is -0.352 e. The fourth-order valence-electron chi connectivity index (χ4n) is 1.39. The molecule has 0 radical (unpaired) electrons. The van der Waals surface area contributed by atoms with Crippen LogP contribution < -0.4 is 5.32 Å². The molecule has 90 valence electrons. The molecular formula is C12H14ClN3O. The number of carbonyl (C=O) groups excluding carboxylic acids is 1. The molecule has 4 nitrogen and oxygen atoms in total. The lowest BCUT2D eigenvalue weighted by Crippen LogP contribution is -2.24. The monoisotopic (exact) mass is 251 g/mol. The molecule has 0 bridgehead atoms. The standard InChI is InChI=1S/C12H14ClN3O/c1-9-7-10(8-11(13)16-9)12(17)15-6-4-2-3-5-14/h7-8H,2-4,6H2,1H3,(H,15,17). The van der Waals surface area contributed by atoms with Crippen LogP contribution in [0.4, 0.5) is 0 Å². The number of nitrogens with zero attached hydrogens (tertiary/aromatic N) is 2. The quantitative estimate of drug-likeness (QED) is 0.646. The third-order valence-electron chi connectivity index (χ3n) is 2.19. The second-order valence-corrected chi connectivity index (χ2v) is 4.08. The molecule has 0 saturated heterocycles. The highest BCUT2D eigenvalue weighted by molar-refractivity contribution is 6.29. The normalized spacial score (nSPS) is 9.71. The lowest BCUT2D eigenvalue weighted by Gasteiger charge is -2.05. The van der Waals surface area contributed by atoms with Gasteiger partial charge in [-0.15, -0.1) is 0 Å². The van der Waals surface area contributed by atoms with E-state index in [2.05, 4.69) is 16.4 Å². The van der Waals surface area contributed by atoms with Crippen molar-refractivity contribution in [3.8, 4) is 6.07 Å². The van der Waals surface area contributed by atoms with Crippen molar-refractivity contribution < 1.29 is 4.79 Å². The van der Waals surface area contributed by atoms with Crippen LogP contribution in [0.5, 0.6) is 0 Å². The molecule has 1 amide bonds. The van der Waals surface area contributed by atoms with E-state index < -0.39 is 0 Å². The summed E-state index contributed by atoms with van der Waals surface area (Å²) in [6, 6.07) is 5.30. The van der Waals surface area contributed by atoms with Crippen LogP contribution in [-0.4, -0.2) is 17.4 Å². The zero-order chi connectivity index (χ0) is 12.7. The summed E-state index contributed by atoms with van der Waals surface area (Å²) in [5.74, 6) is -0.158. The number of aryl methyl sites for hydroxylation is 1. The number of halogens is 1. The predicted octanol–water partition coefficient (Wildman–Crippen LogP) is 2.47. The van der Waals surface area contributed by atoms with Crippen molar-refractivity contribution in [2.75, 3.05) is 6.54 Å². The van der Waals surface area contributed by atoms with Crippen LogP contribution in [0.25, 0.3) is 0 Å². The topological polar surface area (TPSA) is 65.8 Å². The van der Waals surface area contributed by atoms with E-state index >= 15 is 0 Å². The van der Waals surface area contributed by atoms with Gasteiger partial charge in [0.25, 0.3) is 5.91 Å². The maximum atomic E-state index is 11.7. The molecule has 0 saturated carbocycles. The number of nitriles is 1. The van der Waals surface area contributed by atoms with Crippen molar-refractivity contribution in [2.45, 2.75) is 26.2 Å². The van der Waals surface area contributed by atoms with Gasteiger partial charge in [0.2, 0.25) is 0 Å². The fraction of sp³-hybridized carbons (Fsp3) is 0.417.